The zero-order valence-electron chi connectivity index (χ0n) is 48.4. The molecule has 0 radical (unpaired) electrons. The quantitative estimate of drug-likeness (QED) is 0.0261. The minimum Gasteiger partial charge on any atom is -0.462 e. The summed E-state index contributed by atoms with van der Waals surface area (Å²) in [5.74, 6) is -1.16. The molecular weight excluding hydrogens is 949 g/mol. The lowest BCUT2D eigenvalue weighted by atomic mass is 10.1. The lowest BCUT2D eigenvalue weighted by Gasteiger charge is -2.18. The van der Waals surface area contributed by atoms with Crippen molar-refractivity contribution in [3.8, 4) is 0 Å². The minimum atomic E-state index is -0.873. The van der Waals surface area contributed by atoms with Crippen LogP contribution < -0.4 is 0 Å². The highest BCUT2D eigenvalue weighted by molar-refractivity contribution is 5.71. The number of ether oxygens (including phenoxy) is 3. The molecule has 0 aliphatic carbocycles. The van der Waals surface area contributed by atoms with Crippen LogP contribution in [0.2, 0.25) is 0 Å². The molecule has 0 aromatic heterocycles. The number of allylic oxidation sites excluding steroid dienone is 34. The van der Waals surface area contributed by atoms with E-state index in [4.69, 9.17) is 14.2 Å². The number of rotatable bonds is 50. The Morgan fingerprint density at radius 2 is 0.494 bits per heavy atom. The second-order valence-electron chi connectivity index (χ2n) is 18.4. The van der Waals surface area contributed by atoms with Crippen molar-refractivity contribution in [3.05, 3.63) is 207 Å². The van der Waals surface area contributed by atoms with E-state index in [0.29, 0.717) is 19.3 Å². The molecule has 0 aromatic rings. The average molecular weight is 1050 g/mol. The minimum absolute atomic E-state index is 0.155. The summed E-state index contributed by atoms with van der Waals surface area (Å²) in [7, 11) is 0. The van der Waals surface area contributed by atoms with E-state index < -0.39 is 18.0 Å². The summed E-state index contributed by atoms with van der Waals surface area (Å²) in [5.41, 5.74) is 0. The molecule has 0 saturated heterocycles. The van der Waals surface area contributed by atoms with Crippen molar-refractivity contribution in [2.24, 2.45) is 0 Å². The number of hydrogen-bond donors (Lipinski definition) is 0. The molecule has 0 fully saturated rings. The van der Waals surface area contributed by atoms with Gasteiger partial charge in [0.2, 0.25) is 0 Å². The van der Waals surface area contributed by atoms with Gasteiger partial charge in [-0.25, -0.2) is 0 Å². The Bertz CT molecular complexity index is 1930. The third kappa shape index (κ3) is 60.7. The molecule has 0 aromatic carbocycles. The lowest BCUT2D eigenvalue weighted by molar-refractivity contribution is -0.166. The predicted octanol–water partition coefficient (Wildman–Crippen LogP) is 20.4. The van der Waals surface area contributed by atoms with Crippen molar-refractivity contribution in [1.82, 2.24) is 0 Å². The Morgan fingerprint density at radius 1 is 0.260 bits per heavy atom. The highest BCUT2D eigenvalue weighted by atomic mass is 16.6. The predicted molar refractivity (Wildman–Crippen MR) is 333 cm³/mol. The second-order valence-corrected chi connectivity index (χ2v) is 18.4. The highest BCUT2D eigenvalue weighted by Gasteiger charge is 2.19. The first-order valence-corrected chi connectivity index (χ1v) is 29.6. The molecule has 0 bridgehead atoms. The van der Waals surface area contributed by atoms with Crippen LogP contribution in [-0.4, -0.2) is 37.2 Å². The SMILES string of the molecule is CC/C=C\C/C=C\C/C=C\C/C=C\C/C=C\C/C=C\CCC(=O)OCC(COC(=O)CCCCCCC/C=C\C/C=C\C/C=C\C/C=C\C/C=C\CC)OC(=O)CC/C=C\C/C=C\C/C=C\C/C=C\C/C=C\C/C=C\CC. The number of carbonyl (C=O) groups is 3. The first-order chi connectivity index (χ1) is 38.0. The maximum absolute atomic E-state index is 12.9. The zero-order valence-corrected chi connectivity index (χ0v) is 48.4. The second kappa shape index (κ2) is 62.5. The number of esters is 3. The van der Waals surface area contributed by atoms with E-state index in [1.165, 1.54) is 0 Å². The Balaban J connectivity index is 4.70. The average Bonchev–Trinajstić information content (AvgIpc) is 3.43. The molecule has 6 nitrogen and oxygen atoms in total. The van der Waals surface area contributed by atoms with Crippen LogP contribution in [0.5, 0.6) is 0 Å². The van der Waals surface area contributed by atoms with E-state index in [1.54, 1.807) is 0 Å². The molecule has 0 aliphatic rings. The van der Waals surface area contributed by atoms with Crippen molar-refractivity contribution >= 4 is 17.9 Å². The van der Waals surface area contributed by atoms with Crippen molar-refractivity contribution in [3.63, 3.8) is 0 Å². The maximum Gasteiger partial charge on any atom is 0.306 e. The maximum atomic E-state index is 12.9. The number of hydrogen-bond acceptors (Lipinski definition) is 6. The van der Waals surface area contributed by atoms with Crippen molar-refractivity contribution in [2.45, 2.75) is 207 Å². The van der Waals surface area contributed by atoms with Crippen molar-refractivity contribution in [1.29, 1.82) is 0 Å². The fourth-order valence-electron chi connectivity index (χ4n) is 6.99. The van der Waals surface area contributed by atoms with Crippen LogP contribution in [0.4, 0.5) is 0 Å². The third-order valence-corrected chi connectivity index (χ3v) is 11.3. The van der Waals surface area contributed by atoms with Crippen LogP contribution in [-0.2, 0) is 28.6 Å². The lowest BCUT2D eigenvalue weighted by Crippen LogP contribution is -2.30. The van der Waals surface area contributed by atoms with Gasteiger partial charge in [-0.2, -0.15) is 0 Å². The molecule has 0 saturated carbocycles. The normalized spacial score (nSPS) is 13.6. The van der Waals surface area contributed by atoms with Crippen LogP contribution in [0, 0.1) is 0 Å². The molecule has 0 rings (SSSR count). The standard InChI is InChI=1S/C71H104O6/c1-4-7-10-13-16-19-22-25-28-31-34-35-38-40-43-46-49-52-55-58-61-64-70(73)76-67-68(77-71(74)65-62-59-56-53-50-47-44-41-37-33-30-27-24-21-18-15-12-9-6-3)66-75-69(72)63-60-57-54-51-48-45-42-39-36-32-29-26-23-20-17-14-11-8-5-2/h7-12,16-21,25-30,34-37,39-41,43,45,47-48,50,54,56-57,59,68H,4-6,13-15,22-24,31-33,38,42,44,46,49,51-53,55,58,60-67H2,1-3H3/b10-7-,11-8-,12-9-,19-16-,20-17-,21-18-,28-25-,29-26-,30-27-,35-34-,39-36-,41-37-,43-40-,48-45-,50-47-,57-54-,59-56-. The highest BCUT2D eigenvalue weighted by Crippen LogP contribution is 2.11. The van der Waals surface area contributed by atoms with Gasteiger partial charge in [-0.3, -0.25) is 14.4 Å². The summed E-state index contributed by atoms with van der Waals surface area (Å²) in [5, 5.41) is 0. The molecule has 0 heterocycles. The molecule has 1 unspecified atom stereocenters. The van der Waals surface area contributed by atoms with Gasteiger partial charge >= 0.3 is 17.9 Å². The molecule has 1 atom stereocenters. The molecule has 0 N–H and O–H groups in total. The van der Waals surface area contributed by atoms with Gasteiger partial charge in [-0.15, -0.1) is 0 Å². The van der Waals surface area contributed by atoms with Gasteiger partial charge in [-0.1, -0.05) is 247 Å². The van der Waals surface area contributed by atoms with Gasteiger partial charge < -0.3 is 14.2 Å². The Morgan fingerprint density at radius 3 is 0.805 bits per heavy atom. The summed E-state index contributed by atoms with van der Waals surface area (Å²) in [6.45, 7) is 6.12. The fourth-order valence-corrected chi connectivity index (χ4v) is 6.99. The fraction of sp³-hybridized carbons (Fsp3) is 0.479. The molecule has 77 heavy (non-hydrogen) atoms. The van der Waals surface area contributed by atoms with Crippen LogP contribution in [0.3, 0.4) is 0 Å². The van der Waals surface area contributed by atoms with Crippen LogP contribution in [0.1, 0.15) is 201 Å². The van der Waals surface area contributed by atoms with Gasteiger partial charge in [0.05, 0.1) is 0 Å². The summed E-state index contributed by atoms with van der Waals surface area (Å²) < 4.78 is 16.7. The summed E-state index contributed by atoms with van der Waals surface area (Å²) in [4.78, 5) is 38.2. The Labute approximate surface area is 470 Å². The van der Waals surface area contributed by atoms with Crippen molar-refractivity contribution < 1.29 is 28.6 Å². The third-order valence-electron chi connectivity index (χ3n) is 11.3. The molecular formula is C71H104O6. The van der Waals surface area contributed by atoms with E-state index in [9.17, 15) is 14.4 Å². The van der Waals surface area contributed by atoms with E-state index >= 15 is 0 Å². The first-order valence-electron chi connectivity index (χ1n) is 29.6. The first kappa shape index (κ1) is 71.0. The van der Waals surface area contributed by atoms with Gasteiger partial charge in [-0.05, 0) is 141 Å². The smallest absolute Gasteiger partial charge is 0.306 e. The van der Waals surface area contributed by atoms with Gasteiger partial charge in [0, 0.05) is 19.3 Å². The van der Waals surface area contributed by atoms with E-state index in [-0.39, 0.29) is 32.0 Å². The number of carbonyl (C=O) groups excluding carboxylic acids is 3. The molecule has 6 heteroatoms. The van der Waals surface area contributed by atoms with E-state index in [0.717, 1.165) is 148 Å². The zero-order chi connectivity index (χ0) is 55.7. The molecule has 0 amide bonds. The van der Waals surface area contributed by atoms with E-state index in [2.05, 4.69) is 203 Å². The summed E-state index contributed by atoms with van der Waals surface area (Å²) >= 11 is 0. The number of unbranched alkanes of at least 4 members (excludes halogenated alkanes) is 5. The Hall–Kier alpha value is -6.01. The van der Waals surface area contributed by atoms with Gasteiger partial charge in [0.25, 0.3) is 0 Å². The summed E-state index contributed by atoms with van der Waals surface area (Å²) in [6, 6.07) is 0. The largest absolute Gasteiger partial charge is 0.462 e. The topological polar surface area (TPSA) is 78.9 Å². The molecule has 0 spiro atoms. The summed E-state index contributed by atoms with van der Waals surface area (Å²) in [6.07, 6.45) is 97.0. The monoisotopic (exact) mass is 1050 g/mol. The molecule has 424 valence electrons. The van der Waals surface area contributed by atoms with Gasteiger partial charge in [0.1, 0.15) is 13.2 Å². The van der Waals surface area contributed by atoms with Crippen LogP contribution in [0.15, 0.2) is 207 Å². The molecule has 0 aliphatic heterocycles. The van der Waals surface area contributed by atoms with Crippen LogP contribution in [0.25, 0.3) is 0 Å². The van der Waals surface area contributed by atoms with Gasteiger partial charge in [0.15, 0.2) is 6.10 Å². The van der Waals surface area contributed by atoms with Crippen LogP contribution >= 0.6 is 0 Å². The van der Waals surface area contributed by atoms with E-state index in [1.807, 2.05) is 24.3 Å². The van der Waals surface area contributed by atoms with Crippen molar-refractivity contribution in [2.75, 3.05) is 13.2 Å². The Kier molecular flexibility index (Phi) is 57.6.